The molecule has 2 rings (SSSR count). The Balaban J connectivity index is 1.97. The minimum absolute atomic E-state index is 0.107. The van der Waals surface area contributed by atoms with Crippen LogP contribution < -0.4 is 5.32 Å². The van der Waals surface area contributed by atoms with E-state index in [-0.39, 0.29) is 17.7 Å². The molecule has 0 fully saturated rings. The molecule has 1 atom stereocenters. The number of rotatable bonds is 6. The molecule has 1 amide bonds. The van der Waals surface area contributed by atoms with Gasteiger partial charge in [0, 0.05) is 25.0 Å². The molecule has 0 radical (unpaired) electrons. The predicted molar refractivity (Wildman–Crippen MR) is 84.9 cm³/mol. The summed E-state index contributed by atoms with van der Waals surface area (Å²) in [5, 5.41) is 2.84. The predicted octanol–water partition coefficient (Wildman–Crippen LogP) is 3.46. The molecule has 2 aromatic rings. The summed E-state index contributed by atoms with van der Waals surface area (Å²) in [4.78, 5) is 16.5. The lowest BCUT2D eigenvalue weighted by molar-refractivity contribution is -0.123. The Kier molecular flexibility index (Phi) is 5.79. The van der Waals surface area contributed by atoms with Crippen LogP contribution >= 0.6 is 0 Å². The third-order valence-electron chi connectivity index (χ3n) is 3.63. The van der Waals surface area contributed by atoms with Crippen molar-refractivity contribution in [3.05, 3.63) is 65.5 Å². The lowest BCUT2D eigenvalue weighted by Gasteiger charge is -2.20. The van der Waals surface area contributed by atoms with E-state index in [0.717, 1.165) is 11.6 Å². The fourth-order valence-corrected chi connectivity index (χ4v) is 2.59. The summed E-state index contributed by atoms with van der Waals surface area (Å²) in [5.41, 5.74) is 1.38. The molecule has 3 nitrogen and oxygen atoms in total. The van der Waals surface area contributed by atoms with Crippen molar-refractivity contribution in [2.75, 3.05) is 6.54 Å². The van der Waals surface area contributed by atoms with Crippen molar-refractivity contribution in [2.24, 2.45) is 5.92 Å². The molecule has 0 saturated heterocycles. The van der Waals surface area contributed by atoms with Crippen LogP contribution in [0.3, 0.4) is 0 Å². The van der Waals surface area contributed by atoms with Crippen molar-refractivity contribution >= 4 is 5.91 Å². The van der Waals surface area contributed by atoms with Crippen LogP contribution in [0.1, 0.15) is 30.9 Å². The van der Waals surface area contributed by atoms with Crippen LogP contribution in [0.25, 0.3) is 0 Å². The summed E-state index contributed by atoms with van der Waals surface area (Å²) in [6, 6.07) is 7.05. The first kappa shape index (κ1) is 17.1. The van der Waals surface area contributed by atoms with E-state index in [1.54, 1.807) is 18.5 Å². The van der Waals surface area contributed by atoms with Crippen molar-refractivity contribution in [1.29, 1.82) is 0 Å². The van der Waals surface area contributed by atoms with Gasteiger partial charge in [-0.3, -0.25) is 9.78 Å². The van der Waals surface area contributed by atoms with Crippen LogP contribution in [-0.4, -0.2) is 17.4 Å². The maximum absolute atomic E-state index is 13.1. The minimum atomic E-state index is -0.609. The van der Waals surface area contributed by atoms with Gasteiger partial charge in [-0.2, -0.15) is 0 Å². The third kappa shape index (κ3) is 4.84. The van der Waals surface area contributed by atoms with Crippen molar-refractivity contribution in [3.63, 3.8) is 0 Å². The largest absolute Gasteiger partial charge is 0.355 e. The van der Waals surface area contributed by atoms with Crippen molar-refractivity contribution < 1.29 is 13.6 Å². The van der Waals surface area contributed by atoms with Gasteiger partial charge in [0.2, 0.25) is 5.91 Å². The van der Waals surface area contributed by atoms with Crippen LogP contribution in [-0.2, 0) is 11.2 Å². The highest BCUT2D eigenvalue weighted by Gasteiger charge is 2.23. The molecule has 1 unspecified atom stereocenters. The Hall–Kier alpha value is -2.30. The molecule has 0 aliphatic rings. The number of nitrogens with one attached hydrogen (secondary N) is 1. The molecular formula is C18H20F2N2O. The molecule has 23 heavy (non-hydrogen) atoms. The highest BCUT2D eigenvalue weighted by molar-refractivity contribution is 5.83. The number of carbonyl (C=O) groups is 1. The van der Waals surface area contributed by atoms with E-state index in [0.29, 0.717) is 18.5 Å². The number of carbonyl (C=O) groups excluding carboxylic acids is 1. The summed E-state index contributed by atoms with van der Waals surface area (Å²) in [6.45, 7) is 4.27. The van der Waals surface area contributed by atoms with Crippen LogP contribution in [0.5, 0.6) is 0 Å². The first-order valence-electron chi connectivity index (χ1n) is 7.60. The van der Waals surface area contributed by atoms with E-state index >= 15 is 0 Å². The van der Waals surface area contributed by atoms with E-state index < -0.39 is 11.6 Å². The van der Waals surface area contributed by atoms with E-state index in [2.05, 4.69) is 10.3 Å². The Morgan fingerprint density at radius 1 is 1.22 bits per heavy atom. The lowest BCUT2D eigenvalue weighted by atomic mass is 9.88. The van der Waals surface area contributed by atoms with Gasteiger partial charge in [-0.1, -0.05) is 19.9 Å². The lowest BCUT2D eigenvalue weighted by Crippen LogP contribution is -2.33. The molecule has 0 bridgehead atoms. The number of amides is 1. The van der Waals surface area contributed by atoms with Gasteiger partial charge in [-0.05, 0) is 41.7 Å². The zero-order chi connectivity index (χ0) is 16.8. The van der Waals surface area contributed by atoms with Crippen molar-refractivity contribution in [3.8, 4) is 0 Å². The SMILES string of the molecule is CC(C)C(C(=O)NCCc1cc(F)cc(F)c1)c1cccnc1. The Morgan fingerprint density at radius 2 is 1.91 bits per heavy atom. The molecule has 1 N–H and O–H groups in total. The zero-order valence-corrected chi connectivity index (χ0v) is 13.2. The number of hydrogen-bond donors (Lipinski definition) is 1. The fourth-order valence-electron chi connectivity index (χ4n) is 2.59. The molecule has 0 aliphatic carbocycles. The topological polar surface area (TPSA) is 42.0 Å². The standard InChI is InChI=1S/C18H20F2N2O/c1-12(2)17(14-4-3-6-21-11-14)18(23)22-7-5-13-8-15(19)10-16(20)9-13/h3-4,6,8-12,17H,5,7H2,1-2H3,(H,22,23). The highest BCUT2D eigenvalue weighted by atomic mass is 19.1. The molecule has 0 spiro atoms. The van der Waals surface area contributed by atoms with Gasteiger partial charge >= 0.3 is 0 Å². The Morgan fingerprint density at radius 3 is 2.48 bits per heavy atom. The maximum Gasteiger partial charge on any atom is 0.227 e. The first-order chi connectivity index (χ1) is 11.0. The van der Waals surface area contributed by atoms with E-state index in [9.17, 15) is 13.6 Å². The quantitative estimate of drug-likeness (QED) is 0.886. The number of pyridine rings is 1. The van der Waals surface area contributed by atoms with Crippen molar-refractivity contribution in [1.82, 2.24) is 10.3 Å². The number of nitrogens with zero attached hydrogens (tertiary/aromatic N) is 1. The molecule has 0 saturated carbocycles. The molecule has 0 aliphatic heterocycles. The van der Waals surface area contributed by atoms with Gasteiger partial charge in [0.25, 0.3) is 0 Å². The Labute approximate surface area is 134 Å². The smallest absolute Gasteiger partial charge is 0.227 e. The fraction of sp³-hybridized carbons (Fsp3) is 0.333. The van der Waals surface area contributed by atoms with Gasteiger partial charge in [0.1, 0.15) is 11.6 Å². The number of aromatic nitrogens is 1. The van der Waals surface area contributed by atoms with Gasteiger partial charge < -0.3 is 5.32 Å². The van der Waals surface area contributed by atoms with E-state index in [1.165, 1.54) is 12.1 Å². The summed E-state index contributed by atoms with van der Waals surface area (Å²) in [7, 11) is 0. The summed E-state index contributed by atoms with van der Waals surface area (Å²) in [5.74, 6) is -1.51. The maximum atomic E-state index is 13.1. The molecule has 1 aromatic heterocycles. The second kappa shape index (κ2) is 7.81. The average molecular weight is 318 g/mol. The third-order valence-corrected chi connectivity index (χ3v) is 3.63. The molecular weight excluding hydrogens is 298 g/mol. The molecule has 1 heterocycles. The normalized spacial score (nSPS) is 12.2. The van der Waals surface area contributed by atoms with E-state index in [4.69, 9.17) is 0 Å². The minimum Gasteiger partial charge on any atom is -0.355 e. The summed E-state index contributed by atoms with van der Waals surface area (Å²) in [6.07, 6.45) is 3.72. The van der Waals surface area contributed by atoms with Gasteiger partial charge in [0.05, 0.1) is 5.92 Å². The van der Waals surface area contributed by atoms with Gasteiger partial charge in [-0.15, -0.1) is 0 Å². The average Bonchev–Trinajstić information content (AvgIpc) is 2.47. The Bertz CT molecular complexity index is 639. The van der Waals surface area contributed by atoms with Crippen LogP contribution in [0.2, 0.25) is 0 Å². The molecule has 1 aromatic carbocycles. The summed E-state index contributed by atoms with van der Waals surface area (Å²) >= 11 is 0. The van der Waals surface area contributed by atoms with Gasteiger partial charge in [0.15, 0.2) is 0 Å². The second-order valence-electron chi connectivity index (χ2n) is 5.83. The molecule has 122 valence electrons. The number of hydrogen-bond acceptors (Lipinski definition) is 2. The zero-order valence-electron chi connectivity index (χ0n) is 13.2. The van der Waals surface area contributed by atoms with Crippen LogP contribution in [0, 0.1) is 17.6 Å². The van der Waals surface area contributed by atoms with Crippen LogP contribution in [0.15, 0.2) is 42.7 Å². The highest BCUT2D eigenvalue weighted by Crippen LogP contribution is 2.23. The second-order valence-corrected chi connectivity index (χ2v) is 5.83. The summed E-state index contributed by atoms with van der Waals surface area (Å²) < 4.78 is 26.3. The van der Waals surface area contributed by atoms with Crippen molar-refractivity contribution in [2.45, 2.75) is 26.2 Å². The number of benzene rings is 1. The van der Waals surface area contributed by atoms with Crippen LogP contribution in [0.4, 0.5) is 8.78 Å². The first-order valence-corrected chi connectivity index (χ1v) is 7.60. The van der Waals surface area contributed by atoms with E-state index in [1.807, 2.05) is 19.9 Å². The number of halogens is 2. The van der Waals surface area contributed by atoms with Gasteiger partial charge in [-0.25, -0.2) is 8.78 Å². The monoisotopic (exact) mass is 318 g/mol. The molecule has 5 heteroatoms.